The van der Waals surface area contributed by atoms with E-state index in [4.69, 9.17) is 11.6 Å². The van der Waals surface area contributed by atoms with Crippen LogP contribution in [0, 0.1) is 28.9 Å². The fourth-order valence-corrected chi connectivity index (χ4v) is 5.12. The van der Waals surface area contributed by atoms with Gasteiger partial charge < -0.3 is 4.90 Å². The van der Waals surface area contributed by atoms with E-state index in [9.17, 15) is 10.1 Å². The first-order chi connectivity index (χ1) is 11.0. The van der Waals surface area contributed by atoms with Crippen molar-refractivity contribution in [2.45, 2.75) is 32.2 Å². The molecule has 0 N–H and O–H groups in total. The number of anilines is 1. The Bertz CT molecular complexity index is 651. The molecule has 1 aromatic carbocycles. The molecule has 5 nitrogen and oxygen atoms in total. The van der Waals surface area contributed by atoms with Crippen LogP contribution in [0.25, 0.3) is 0 Å². The van der Waals surface area contributed by atoms with E-state index in [-0.39, 0.29) is 10.6 Å². The summed E-state index contributed by atoms with van der Waals surface area (Å²) in [5, 5.41) is 11.6. The van der Waals surface area contributed by atoms with E-state index in [2.05, 4.69) is 9.80 Å². The predicted molar refractivity (Wildman–Crippen MR) is 91.2 cm³/mol. The van der Waals surface area contributed by atoms with Crippen molar-refractivity contribution in [3.05, 3.63) is 32.8 Å². The van der Waals surface area contributed by atoms with E-state index in [0.717, 1.165) is 30.7 Å². The number of nitrogens with zero attached hydrogens (tertiary/aromatic N) is 3. The molecule has 0 amide bonds. The molecule has 0 aromatic heterocycles. The lowest BCUT2D eigenvalue weighted by Gasteiger charge is -2.33. The van der Waals surface area contributed by atoms with Crippen molar-refractivity contribution in [1.82, 2.24) is 4.90 Å². The molecule has 3 fully saturated rings. The number of aryl methyl sites for hydroxylation is 1. The minimum absolute atomic E-state index is 0.108. The maximum Gasteiger partial charge on any atom is 0.273 e. The Kier molecular flexibility index (Phi) is 3.73. The van der Waals surface area contributed by atoms with E-state index in [0.29, 0.717) is 16.5 Å². The number of rotatable bonds is 2. The molecule has 0 saturated carbocycles. The summed E-state index contributed by atoms with van der Waals surface area (Å²) in [4.78, 5) is 15.7. The summed E-state index contributed by atoms with van der Waals surface area (Å²) in [5.41, 5.74) is 1.76. The largest absolute Gasteiger partial charge is 0.370 e. The Labute approximate surface area is 141 Å². The average Bonchev–Trinajstić information content (AvgIpc) is 3.06. The SMILES string of the molecule is Cc1cc(N2CC3CN4CCCCC4C3C2)c(Cl)cc1[N+](=O)[O-]. The van der Waals surface area contributed by atoms with Crippen LogP contribution >= 0.6 is 11.6 Å². The highest BCUT2D eigenvalue weighted by Crippen LogP contribution is 2.43. The lowest BCUT2D eigenvalue weighted by atomic mass is 9.90. The quantitative estimate of drug-likeness (QED) is 0.613. The third-order valence-corrected chi connectivity index (χ3v) is 6.22. The molecule has 6 heteroatoms. The highest BCUT2D eigenvalue weighted by Gasteiger charge is 2.47. The minimum Gasteiger partial charge on any atom is -0.370 e. The molecule has 1 aromatic rings. The second-order valence-electron chi connectivity index (χ2n) is 7.23. The topological polar surface area (TPSA) is 49.6 Å². The van der Waals surface area contributed by atoms with Gasteiger partial charge in [-0.2, -0.15) is 0 Å². The molecule has 3 heterocycles. The Morgan fingerprint density at radius 2 is 2.09 bits per heavy atom. The van der Waals surface area contributed by atoms with Crippen LogP contribution < -0.4 is 4.90 Å². The first-order valence-corrected chi connectivity index (χ1v) is 8.86. The van der Waals surface area contributed by atoms with Gasteiger partial charge >= 0.3 is 0 Å². The number of hydrogen-bond acceptors (Lipinski definition) is 4. The number of hydrogen-bond donors (Lipinski definition) is 0. The summed E-state index contributed by atoms with van der Waals surface area (Å²) in [6, 6.07) is 4.13. The first-order valence-electron chi connectivity index (χ1n) is 8.48. The molecule has 0 bridgehead atoms. The number of halogens is 1. The molecule has 3 unspecified atom stereocenters. The van der Waals surface area contributed by atoms with E-state index < -0.39 is 0 Å². The van der Waals surface area contributed by atoms with Crippen molar-refractivity contribution in [1.29, 1.82) is 0 Å². The third kappa shape index (κ3) is 2.50. The third-order valence-electron chi connectivity index (χ3n) is 5.92. The van der Waals surface area contributed by atoms with Gasteiger partial charge in [0.25, 0.3) is 5.69 Å². The predicted octanol–water partition coefficient (Wildman–Crippen LogP) is 3.48. The van der Waals surface area contributed by atoms with Gasteiger partial charge in [-0.25, -0.2) is 0 Å². The van der Waals surface area contributed by atoms with Crippen LogP contribution in [0.5, 0.6) is 0 Å². The van der Waals surface area contributed by atoms with Gasteiger partial charge in [-0.15, -0.1) is 0 Å². The number of fused-ring (bicyclic) bond motifs is 3. The van der Waals surface area contributed by atoms with E-state index in [1.165, 1.54) is 38.4 Å². The second kappa shape index (κ2) is 5.64. The number of piperidine rings is 1. The van der Waals surface area contributed by atoms with Gasteiger partial charge in [0, 0.05) is 37.3 Å². The van der Waals surface area contributed by atoms with Gasteiger partial charge in [0.15, 0.2) is 0 Å². The van der Waals surface area contributed by atoms with Crippen molar-refractivity contribution in [3.8, 4) is 0 Å². The van der Waals surface area contributed by atoms with Gasteiger partial charge in [0.05, 0.1) is 15.6 Å². The summed E-state index contributed by atoms with van der Waals surface area (Å²) in [7, 11) is 0. The molecule has 3 aliphatic rings. The Hall–Kier alpha value is -1.33. The van der Waals surface area contributed by atoms with Crippen molar-refractivity contribution < 1.29 is 4.92 Å². The zero-order valence-electron chi connectivity index (χ0n) is 13.4. The van der Waals surface area contributed by atoms with Crippen molar-refractivity contribution in [2.75, 3.05) is 31.1 Å². The zero-order valence-corrected chi connectivity index (χ0v) is 14.1. The highest BCUT2D eigenvalue weighted by atomic mass is 35.5. The summed E-state index contributed by atoms with van der Waals surface area (Å²) < 4.78 is 0. The number of nitro benzene ring substituents is 1. The van der Waals surface area contributed by atoms with Crippen molar-refractivity contribution in [3.63, 3.8) is 0 Å². The zero-order chi connectivity index (χ0) is 16.1. The number of benzene rings is 1. The lowest BCUT2D eigenvalue weighted by molar-refractivity contribution is -0.385. The molecule has 0 radical (unpaired) electrons. The molecule has 3 atom stereocenters. The average molecular weight is 336 g/mol. The van der Waals surface area contributed by atoms with Crippen molar-refractivity contribution in [2.24, 2.45) is 11.8 Å². The second-order valence-corrected chi connectivity index (χ2v) is 7.64. The Morgan fingerprint density at radius 3 is 2.87 bits per heavy atom. The van der Waals surface area contributed by atoms with Crippen LogP contribution in [0.3, 0.4) is 0 Å². The molecular weight excluding hydrogens is 314 g/mol. The fraction of sp³-hybridized carbons (Fsp3) is 0.647. The van der Waals surface area contributed by atoms with Gasteiger partial charge in [0.2, 0.25) is 0 Å². The summed E-state index contributed by atoms with van der Waals surface area (Å²) in [6.07, 6.45) is 4.01. The standard InChI is InChI=1S/C17H22ClN3O2/c1-11-6-17(14(18)7-16(11)21(22)23)20-9-12-8-19-5-3-2-4-15(19)13(12)10-20/h6-7,12-13,15H,2-5,8-10H2,1H3. The fourth-order valence-electron chi connectivity index (χ4n) is 4.85. The molecule has 124 valence electrons. The summed E-state index contributed by atoms with van der Waals surface area (Å²) in [6.45, 7) is 6.31. The molecule has 4 rings (SSSR count). The molecule has 0 spiro atoms. The molecule has 3 saturated heterocycles. The summed E-state index contributed by atoms with van der Waals surface area (Å²) >= 11 is 6.36. The number of nitro groups is 1. The maximum absolute atomic E-state index is 11.1. The van der Waals surface area contributed by atoms with Crippen LogP contribution in [0.2, 0.25) is 5.02 Å². The van der Waals surface area contributed by atoms with Crippen LogP contribution in [0.1, 0.15) is 24.8 Å². The Morgan fingerprint density at radius 1 is 1.26 bits per heavy atom. The highest BCUT2D eigenvalue weighted by molar-refractivity contribution is 6.33. The van der Waals surface area contributed by atoms with Gasteiger partial charge in [-0.1, -0.05) is 18.0 Å². The summed E-state index contributed by atoms with van der Waals surface area (Å²) in [5.74, 6) is 1.44. The lowest BCUT2D eigenvalue weighted by Crippen LogP contribution is -2.39. The van der Waals surface area contributed by atoms with Crippen LogP contribution in [0.15, 0.2) is 12.1 Å². The molecular formula is C17H22ClN3O2. The van der Waals surface area contributed by atoms with Crippen LogP contribution in [-0.4, -0.2) is 42.0 Å². The smallest absolute Gasteiger partial charge is 0.273 e. The van der Waals surface area contributed by atoms with Crippen molar-refractivity contribution >= 4 is 23.0 Å². The Balaban J connectivity index is 1.57. The van der Waals surface area contributed by atoms with E-state index in [1.54, 1.807) is 6.92 Å². The normalized spacial score (nSPS) is 30.3. The maximum atomic E-state index is 11.1. The monoisotopic (exact) mass is 335 g/mol. The van der Waals surface area contributed by atoms with Gasteiger partial charge in [-0.3, -0.25) is 15.0 Å². The molecule has 0 aliphatic carbocycles. The molecule has 3 aliphatic heterocycles. The molecule has 23 heavy (non-hydrogen) atoms. The first kappa shape index (κ1) is 15.2. The van der Waals surface area contributed by atoms with Crippen LogP contribution in [0.4, 0.5) is 11.4 Å². The van der Waals surface area contributed by atoms with E-state index in [1.807, 2.05) is 6.07 Å². The van der Waals surface area contributed by atoms with Crippen LogP contribution in [-0.2, 0) is 0 Å². The minimum atomic E-state index is -0.358. The van der Waals surface area contributed by atoms with Gasteiger partial charge in [0.1, 0.15) is 0 Å². The van der Waals surface area contributed by atoms with Gasteiger partial charge in [-0.05, 0) is 44.2 Å². The van der Waals surface area contributed by atoms with E-state index >= 15 is 0 Å².